The number of rotatable bonds is 4. The predicted molar refractivity (Wildman–Crippen MR) is 52.9 cm³/mol. The van der Waals surface area contributed by atoms with E-state index in [4.69, 9.17) is 10.5 Å². The number of nitrogens with zero attached hydrogens (tertiary/aromatic N) is 1. The number of methoxy groups -OCH3 is 1. The lowest BCUT2D eigenvalue weighted by Gasteiger charge is -2.11. The number of aromatic nitrogens is 1. The van der Waals surface area contributed by atoms with Crippen molar-refractivity contribution >= 4 is 5.82 Å². The smallest absolute Gasteiger partial charge is 0.214 e. The SMILES string of the molecule is COc1cccc(NC(C)CN)n1. The highest BCUT2D eigenvalue weighted by molar-refractivity contribution is 5.37. The van der Waals surface area contributed by atoms with Gasteiger partial charge in [0.05, 0.1) is 7.11 Å². The molecule has 1 rings (SSSR count). The van der Waals surface area contributed by atoms with E-state index in [1.165, 1.54) is 0 Å². The van der Waals surface area contributed by atoms with Crippen molar-refractivity contribution in [1.82, 2.24) is 4.98 Å². The van der Waals surface area contributed by atoms with E-state index in [9.17, 15) is 0 Å². The summed E-state index contributed by atoms with van der Waals surface area (Å²) >= 11 is 0. The van der Waals surface area contributed by atoms with Crippen LogP contribution in [0.15, 0.2) is 18.2 Å². The summed E-state index contributed by atoms with van der Waals surface area (Å²) in [6.07, 6.45) is 0. The molecule has 1 atom stereocenters. The lowest BCUT2D eigenvalue weighted by molar-refractivity contribution is 0.398. The number of pyridine rings is 1. The maximum atomic E-state index is 5.47. The quantitative estimate of drug-likeness (QED) is 0.723. The van der Waals surface area contributed by atoms with Gasteiger partial charge in [-0.1, -0.05) is 6.07 Å². The highest BCUT2D eigenvalue weighted by Gasteiger charge is 2.00. The van der Waals surface area contributed by atoms with Crippen LogP contribution in [0.4, 0.5) is 5.82 Å². The summed E-state index contributed by atoms with van der Waals surface area (Å²) in [5, 5.41) is 3.15. The Bertz CT molecular complexity index is 265. The molecule has 0 aliphatic carbocycles. The molecule has 0 aliphatic rings. The monoisotopic (exact) mass is 181 g/mol. The number of hydrogen-bond donors (Lipinski definition) is 2. The Labute approximate surface area is 78.1 Å². The van der Waals surface area contributed by atoms with Crippen LogP contribution >= 0.6 is 0 Å². The second kappa shape index (κ2) is 4.67. The van der Waals surface area contributed by atoms with Crippen LogP contribution in [0.2, 0.25) is 0 Å². The fraction of sp³-hybridized carbons (Fsp3) is 0.444. The van der Waals surface area contributed by atoms with Crippen molar-refractivity contribution in [2.24, 2.45) is 5.73 Å². The minimum atomic E-state index is 0.222. The average Bonchev–Trinajstić information content (AvgIpc) is 2.18. The Morgan fingerprint density at radius 2 is 2.38 bits per heavy atom. The summed E-state index contributed by atoms with van der Waals surface area (Å²) < 4.78 is 4.99. The van der Waals surface area contributed by atoms with Crippen LogP contribution in [0.3, 0.4) is 0 Å². The summed E-state index contributed by atoms with van der Waals surface area (Å²) in [5.41, 5.74) is 5.47. The van der Waals surface area contributed by atoms with Crippen molar-refractivity contribution in [2.45, 2.75) is 13.0 Å². The molecule has 4 nitrogen and oxygen atoms in total. The van der Waals surface area contributed by atoms with Gasteiger partial charge in [0.25, 0.3) is 0 Å². The zero-order valence-corrected chi connectivity index (χ0v) is 7.95. The van der Waals surface area contributed by atoms with Gasteiger partial charge in [-0.15, -0.1) is 0 Å². The van der Waals surface area contributed by atoms with Crippen molar-refractivity contribution in [3.05, 3.63) is 18.2 Å². The van der Waals surface area contributed by atoms with Gasteiger partial charge in [0.15, 0.2) is 0 Å². The summed E-state index contributed by atoms with van der Waals surface area (Å²) in [7, 11) is 1.60. The fourth-order valence-corrected chi connectivity index (χ4v) is 0.920. The Morgan fingerprint density at radius 1 is 1.62 bits per heavy atom. The molecule has 4 heteroatoms. The third-order valence-electron chi connectivity index (χ3n) is 1.68. The average molecular weight is 181 g/mol. The van der Waals surface area contributed by atoms with E-state index in [0.29, 0.717) is 12.4 Å². The Morgan fingerprint density at radius 3 is 3.00 bits per heavy atom. The largest absolute Gasteiger partial charge is 0.481 e. The number of anilines is 1. The molecule has 0 spiro atoms. The van der Waals surface area contributed by atoms with Crippen molar-refractivity contribution in [3.63, 3.8) is 0 Å². The van der Waals surface area contributed by atoms with Gasteiger partial charge in [0.1, 0.15) is 5.82 Å². The molecule has 0 aliphatic heterocycles. The van der Waals surface area contributed by atoms with Gasteiger partial charge in [-0.25, -0.2) is 0 Å². The second-order valence-corrected chi connectivity index (χ2v) is 2.85. The molecule has 0 radical (unpaired) electrons. The molecule has 0 amide bonds. The van der Waals surface area contributed by atoms with E-state index in [1.54, 1.807) is 13.2 Å². The summed E-state index contributed by atoms with van der Waals surface area (Å²) in [4.78, 5) is 4.19. The Balaban J connectivity index is 2.66. The maximum absolute atomic E-state index is 5.47. The molecule has 0 bridgehead atoms. The molecule has 0 saturated carbocycles. The zero-order chi connectivity index (χ0) is 9.68. The Hall–Kier alpha value is -1.29. The molecule has 0 aromatic carbocycles. The fourth-order valence-electron chi connectivity index (χ4n) is 0.920. The van der Waals surface area contributed by atoms with Gasteiger partial charge in [-0.05, 0) is 13.0 Å². The molecule has 13 heavy (non-hydrogen) atoms. The molecule has 1 unspecified atom stereocenters. The van der Waals surface area contributed by atoms with Gasteiger partial charge in [0, 0.05) is 18.7 Å². The van der Waals surface area contributed by atoms with Crippen LogP contribution in [0, 0.1) is 0 Å². The molecule has 72 valence electrons. The van der Waals surface area contributed by atoms with Crippen LogP contribution in [0.5, 0.6) is 5.88 Å². The topological polar surface area (TPSA) is 60.2 Å². The predicted octanol–water partition coefficient (Wildman–Crippen LogP) is 0.849. The maximum Gasteiger partial charge on any atom is 0.214 e. The van der Waals surface area contributed by atoms with Crippen molar-refractivity contribution in [3.8, 4) is 5.88 Å². The molecule has 1 aromatic rings. The molecule has 0 saturated heterocycles. The van der Waals surface area contributed by atoms with Crippen molar-refractivity contribution < 1.29 is 4.74 Å². The van der Waals surface area contributed by atoms with Gasteiger partial charge in [0.2, 0.25) is 5.88 Å². The van der Waals surface area contributed by atoms with Gasteiger partial charge in [-0.2, -0.15) is 4.98 Å². The summed E-state index contributed by atoms with van der Waals surface area (Å²) in [6.45, 7) is 2.58. The minimum absolute atomic E-state index is 0.222. The van der Waals surface area contributed by atoms with Crippen LogP contribution in [-0.4, -0.2) is 24.7 Å². The molecule has 1 aromatic heterocycles. The van der Waals surface area contributed by atoms with Gasteiger partial charge >= 0.3 is 0 Å². The number of nitrogens with one attached hydrogen (secondary N) is 1. The van der Waals surface area contributed by atoms with Gasteiger partial charge < -0.3 is 15.8 Å². The van der Waals surface area contributed by atoms with Crippen LogP contribution in [-0.2, 0) is 0 Å². The first-order valence-electron chi connectivity index (χ1n) is 4.24. The highest BCUT2D eigenvalue weighted by Crippen LogP contribution is 2.10. The van der Waals surface area contributed by atoms with E-state index in [-0.39, 0.29) is 6.04 Å². The Kier molecular flexibility index (Phi) is 3.52. The standard InChI is InChI=1S/C9H15N3O/c1-7(6-10)11-8-4-3-5-9(12-8)13-2/h3-5,7H,6,10H2,1-2H3,(H,11,12). The summed E-state index contributed by atoms with van der Waals surface area (Å²) in [6, 6.07) is 5.80. The van der Waals surface area contributed by atoms with Crippen molar-refractivity contribution in [2.75, 3.05) is 19.0 Å². The molecule has 3 N–H and O–H groups in total. The third-order valence-corrected chi connectivity index (χ3v) is 1.68. The molecular weight excluding hydrogens is 166 g/mol. The lowest BCUT2D eigenvalue weighted by Crippen LogP contribution is -2.25. The molecule has 0 fully saturated rings. The molecular formula is C9H15N3O. The molecule has 1 heterocycles. The van der Waals surface area contributed by atoms with E-state index < -0.39 is 0 Å². The van der Waals surface area contributed by atoms with E-state index in [2.05, 4.69) is 10.3 Å². The normalized spacial score (nSPS) is 12.2. The van der Waals surface area contributed by atoms with Crippen LogP contribution in [0.25, 0.3) is 0 Å². The second-order valence-electron chi connectivity index (χ2n) is 2.85. The zero-order valence-electron chi connectivity index (χ0n) is 7.95. The minimum Gasteiger partial charge on any atom is -0.481 e. The number of ether oxygens (including phenoxy) is 1. The first-order valence-corrected chi connectivity index (χ1v) is 4.24. The number of hydrogen-bond acceptors (Lipinski definition) is 4. The van der Waals surface area contributed by atoms with Gasteiger partial charge in [-0.3, -0.25) is 0 Å². The van der Waals surface area contributed by atoms with Crippen LogP contribution < -0.4 is 15.8 Å². The first-order chi connectivity index (χ1) is 6.26. The van der Waals surface area contributed by atoms with E-state index >= 15 is 0 Å². The third kappa shape index (κ3) is 2.91. The van der Waals surface area contributed by atoms with Crippen molar-refractivity contribution in [1.29, 1.82) is 0 Å². The lowest BCUT2D eigenvalue weighted by atomic mass is 10.3. The highest BCUT2D eigenvalue weighted by atomic mass is 16.5. The van der Waals surface area contributed by atoms with E-state index in [1.807, 2.05) is 19.1 Å². The number of nitrogens with two attached hydrogens (primary N) is 1. The van der Waals surface area contributed by atoms with Crippen LogP contribution in [0.1, 0.15) is 6.92 Å². The summed E-state index contributed by atoms with van der Waals surface area (Å²) in [5.74, 6) is 1.39. The first kappa shape index (κ1) is 9.80. The van der Waals surface area contributed by atoms with E-state index in [0.717, 1.165) is 5.82 Å².